The van der Waals surface area contributed by atoms with Crippen LogP contribution in [0.3, 0.4) is 0 Å². The molecule has 17 aromatic rings. The van der Waals surface area contributed by atoms with Gasteiger partial charge in [-0.15, -0.1) is 29.7 Å². The maximum atomic E-state index is 9.66. The normalized spacial score (nSPS) is 12.9. The Bertz CT molecular complexity index is 6030. The van der Waals surface area contributed by atoms with Crippen molar-refractivity contribution in [1.29, 1.82) is 0 Å². The van der Waals surface area contributed by atoms with E-state index in [-0.39, 0.29) is 44.1 Å². The Morgan fingerprint density at radius 2 is 1.11 bits per heavy atom. The average Bonchev–Trinajstić information content (AvgIpc) is 1.60. The predicted molar refractivity (Wildman–Crippen MR) is 361 cm³/mol. The summed E-state index contributed by atoms with van der Waals surface area (Å²) in [6.07, 6.45) is 5.77. The van der Waals surface area contributed by atoms with Crippen LogP contribution in [0.5, 0.6) is 11.5 Å². The van der Waals surface area contributed by atoms with E-state index in [2.05, 4.69) is 212 Å². The fraction of sp³-hybridized carbons (Fsp3) is 0.0488. The Kier molecular flexibility index (Phi) is 11.0. The molecule has 12 aromatic carbocycles. The van der Waals surface area contributed by atoms with Crippen molar-refractivity contribution in [2.45, 2.75) is 26.2 Å². The zero-order chi connectivity index (χ0) is 63.4. The summed E-state index contributed by atoms with van der Waals surface area (Å²) in [6.45, 7) is 6.61. The molecule has 0 fully saturated rings. The van der Waals surface area contributed by atoms with Crippen LogP contribution < -0.4 is 9.30 Å². The molecule has 0 bridgehead atoms. The summed E-state index contributed by atoms with van der Waals surface area (Å²) in [5.41, 5.74) is 17.8. The van der Waals surface area contributed by atoms with Gasteiger partial charge >= 0.3 is 0 Å². The molecule has 18 rings (SSSR count). The van der Waals surface area contributed by atoms with Crippen molar-refractivity contribution < 1.29 is 41.6 Å². The molecule has 5 aromatic heterocycles. The number of nitrogens with zero attached hydrogens (tertiary/aromatic N) is 5. The molecular weight excluding hydrogens is 1280 g/mol. The molecule has 0 spiro atoms. The van der Waals surface area contributed by atoms with E-state index in [9.17, 15) is 2.74 Å². The van der Waals surface area contributed by atoms with Crippen molar-refractivity contribution in [2.75, 3.05) is 0 Å². The number of benzene rings is 12. The van der Waals surface area contributed by atoms with Gasteiger partial charge in [-0.3, -0.25) is 4.57 Å². The minimum absolute atomic E-state index is 0. The van der Waals surface area contributed by atoms with E-state index in [4.69, 9.17) is 18.3 Å². The van der Waals surface area contributed by atoms with Crippen LogP contribution in [-0.4, -0.2) is 18.7 Å². The quantitative estimate of drug-likeness (QED) is 0.118. The number of imidazole rings is 1. The van der Waals surface area contributed by atoms with E-state index >= 15 is 0 Å². The maximum absolute atomic E-state index is 9.66. The van der Waals surface area contributed by atoms with Crippen LogP contribution in [0.15, 0.2) is 271 Å². The fourth-order valence-electron chi connectivity index (χ4n) is 13.6. The van der Waals surface area contributed by atoms with Gasteiger partial charge in [-0.25, -0.2) is 4.98 Å². The van der Waals surface area contributed by atoms with E-state index in [1.165, 1.54) is 0 Å². The van der Waals surface area contributed by atoms with E-state index in [0.29, 0.717) is 28.4 Å². The molecule has 0 amide bonds. The molecule has 1 aliphatic heterocycles. The van der Waals surface area contributed by atoms with Gasteiger partial charge in [0.1, 0.15) is 17.0 Å². The molecule has 430 valence electrons. The van der Waals surface area contributed by atoms with E-state index in [0.717, 1.165) is 138 Å². The Hall–Kier alpha value is -10.9. The largest absolute Gasteiger partial charge is 0.510 e. The van der Waals surface area contributed by atoms with Crippen LogP contribution in [0.1, 0.15) is 33.2 Å². The Morgan fingerprint density at radius 1 is 0.467 bits per heavy atom. The molecule has 0 radical (unpaired) electrons. The van der Waals surface area contributed by atoms with Gasteiger partial charge in [0.2, 0.25) is 0 Å². The summed E-state index contributed by atoms with van der Waals surface area (Å²) in [5.74, 6) is 1.69. The van der Waals surface area contributed by atoms with E-state index in [1.807, 2.05) is 82.1 Å². The minimum Gasteiger partial charge on any atom is -0.510 e. The van der Waals surface area contributed by atoms with Gasteiger partial charge in [0, 0.05) is 71.5 Å². The molecule has 7 nitrogen and oxygen atoms in total. The zero-order valence-electron chi connectivity index (χ0n) is 53.9. The monoisotopic (exact) mass is 1340 g/mol. The number of para-hydroxylation sites is 5. The standard InChI is InChI=1S/C82H53N5O2.Pt/c1-82(2,3)54-41-42-83-79(46-54)87-74-33-15-11-27-65(74)66-39-37-58(49-75(66)87)88-57-22-17-21-55(47-57)84-50-85-80-59(51-19-5-4-6-20-51)29-18-30-68(80)69-48-56(86-72-31-13-9-25-63(72)64-26-10-14-32-73(64)86)36-38-62(69)60-23-7-8-24-61(60)71-44-53(45-76(84)81(71)85)52-35-40-78-70(43-52)67-28-12-16-34-77(67)89-78;/h4-46,48H,1-3H3;/q-2;/i4D,5D,6D,19D,20D;. The number of rotatable bonds is 7. The molecule has 0 N–H and O–H groups in total. The van der Waals surface area contributed by atoms with Crippen molar-refractivity contribution in [2.24, 2.45) is 0 Å². The summed E-state index contributed by atoms with van der Waals surface area (Å²) in [6, 6.07) is 84.5. The second kappa shape index (κ2) is 20.6. The third-order valence-corrected chi connectivity index (χ3v) is 17.7. The fourth-order valence-corrected chi connectivity index (χ4v) is 13.6. The van der Waals surface area contributed by atoms with Gasteiger partial charge in [-0.05, 0) is 144 Å². The van der Waals surface area contributed by atoms with Crippen molar-refractivity contribution in [3.05, 3.63) is 291 Å². The molecular formula is C82H53N5O2Pt-2. The molecule has 8 heteroatoms. The summed E-state index contributed by atoms with van der Waals surface area (Å²) < 4.78 is 68.1. The minimum atomic E-state index is -0.473. The first kappa shape index (κ1) is 48.2. The van der Waals surface area contributed by atoms with Crippen LogP contribution in [0.4, 0.5) is 0 Å². The van der Waals surface area contributed by atoms with Crippen LogP contribution in [0.25, 0.3) is 155 Å². The predicted octanol–water partition coefficient (Wildman–Crippen LogP) is 20.5. The second-order valence-electron chi connectivity index (χ2n) is 23.9. The molecule has 6 heterocycles. The topological polar surface area (TPSA) is 53.9 Å². The molecule has 0 unspecified atom stereocenters. The maximum Gasteiger partial charge on any atom is 0.268 e. The number of ether oxygens (including phenoxy) is 1. The first-order chi connectivity index (χ1) is 45.8. The van der Waals surface area contributed by atoms with Crippen molar-refractivity contribution in [1.82, 2.24) is 18.7 Å². The number of hydrogen-bond donors (Lipinski definition) is 0. The number of aromatic nitrogens is 5. The van der Waals surface area contributed by atoms with Gasteiger partial charge in [0.15, 0.2) is 0 Å². The van der Waals surface area contributed by atoms with E-state index < -0.39 is 18.1 Å². The number of hydrogen-bond acceptors (Lipinski definition) is 3. The summed E-state index contributed by atoms with van der Waals surface area (Å²) in [7, 11) is 0. The van der Waals surface area contributed by atoms with Gasteiger partial charge in [-0.1, -0.05) is 190 Å². The van der Waals surface area contributed by atoms with Crippen LogP contribution in [0.2, 0.25) is 0 Å². The molecule has 1 aliphatic rings. The third-order valence-electron chi connectivity index (χ3n) is 17.7. The Balaban J connectivity index is 0.00000684. The van der Waals surface area contributed by atoms with E-state index in [1.54, 1.807) is 0 Å². The van der Waals surface area contributed by atoms with Crippen molar-refractivity contribution in [3.63, 3.8) is 0 Å². The number of fused-ring (bicyclic) bond motifs is 16. The molecule has 0 atom stereocenters. The Labute approximate surface area is 540 Å². The van der Waals surface area contributed by atoms with Gasteiger partial charge in [0.25, 0.3) is 6.33 Å². The average molecular weight is 1340 g/mol. The number of furan rings is 1. The van der Waals surface area contributed by atoms with Gasteiger partial charge in [-0.2, -0.15) is 18.2 Å². The zero-order valence-corrected chi connectivity index (χ0v) is 51.2. The second-order valence-corrected chi connectivity index (χ2v) is 23.9. The van der Waals surface area contributed by atoms with Crippen LogP contribution in [0, 0.1) is 18.5 Å². The van der Waals surface area contributed by atoms with Crippen LogP contribution in [-0.2, 0) is 26.5 Å². The first-order valence-corrected chi connectivity index (χ1v) is 29.8. The van der Waals surface area contributed by atoms with Gasteiger partial charge < -0.3 is 22.9 Å². The molecule has 0 saturated heterocycles. The summed E-state index contributed by atoms with van der Waals surface area (Å²) in [4.78, 5) is 4.92. The SMILES string of the molecule is [2H]c1c([2H])c([2H])c(-c2cccc3c2-[n+]2[c-]n(-c4[c-]c(Oc5[c-]c6c(cc5)c5ccccc5n6-c5cc(C(C)(C)C)ccn5)ccc4)c4cc(-c5ccc6oc7ccccc7c6c5)cc(c42)-c2ccccc2-c2ccc(-n4c5ccccc5c5ccccc54)cc2-3)c([2H])c1[2H].[Pt]. The summed E-state index contributed by atoms with van der Waals surface area (Å²) >= 11 is 0. The Morgan fingerprint density at radius 3 is 1.89 bits per heavy atom. The third kappa shape index (κ3) is 8.37. The first-order valence-electron chi connectivity index (χ1n) is 32.3. The van der Waals surface area contributed by atoms with Crippen molar-refractivity contribution >= 4 is 76.6 Å². The van der Waals surface area contributed by atoms with Gasteiger partial charge in [0.05, 0.1) is 34.6 Å². The van der Waals surface area contributed by atoms with Crippen LogP contribution >= 0.6 is 0 Å². The smallest absolute Gasteiger partial charge is 0.268 e. The summed E-state index contributed by atoms with van der Waals surface area (Å²) in [5, 5.41) is 6.33. The molecule has 0 aliphatic carbocycles. The molecule has 0 saturated carbocycles. The molecule has 90 heavy (non-hydrogen) atoms. The van der Waals surface area contributed by atoms with Crippen molar-refractivity contribution in [3.8, 4) is 90.0 Å². The number of pyridine rings is 1.